The number of fused-ring (bicyclic) bond motifs is 1. The summed E-state index contributed by atoms with van der Waals surface area (Å²) in [6.07, 6.45) is 4.32. The Balaban J connectivity index is 0.000000302. The van der Waals surface area contributed by atoms with Crippen LogP contribution in [0.5, 0.6) is 0 Å². The maximum atomic E-state index is 13.6. The van der Waals surface area contributed by atoms with Crippen molar-refractivity contribution in [2.45, 2.75) is 0 Å². The lowest BCUT2D eigenvalue weighted by molar-refractivity contribution is -0.114. The number of Topliss-reactive ketones (excluding diaryl/α,β-unsaturated/α-hetero) is 1. The number of benzene rings is 2. The number of carbonyl (C=O) groups excluding carboxylic acids is 3. The molecule has 2 aromatic carbocycles. The molecular formula is C24H17ClFN3O5. The maximum absolute atomic E-state index is 13.6. The Labute approximate surface area is 198 Å². The SMILES string of the molecule is CN1C(=O)/C(=C\c2ccc(Cl)c(F)c2)C(=O)c2cc(C(=O)O)ccc21.NC(=O)c1ccncc1. The number of aromatic nitrogens is 1. The third-order valence-electron chi connectivity index (χ3n) is 4.85. The summed E-state index contributed by atoms with van der Waals surface area (Å²) in [6, 6.07) is 11.0. The Morgan fingerprint density at radius 2 is 1.74 bits per heavy atom. The average molecular weight is 482 g/mol. The van der Waals surface area contributed by atoms with Crippen LogP contribution in [-0.4, -0.2) is 40.7 Å². The normalized spacial score (nSPS) is 13.7. The molecule has 10 heteroatoms. The number of likely N-dealkylation sites (N-methyl/N-ethyl adjacent to an activating group) is 1. The van der Waals surface area contributed by atoms with Gasteiger partial charge in [0.2, 0.25) is 11.7 Å². The molecule has 1 aliphatic rings. The first-order valence-corrected chi connectivity index (χ1v) is 10.0. The van der Waals surface area contributed by atoms with Gasteiger partial charge in [-0.15, -0.1) is 0 Å². The van der Waals surface area contributed by atoms with Gasteiger partial charge in [-0.05, 0) is 54.1 Å². The van der Waals surface area contributed by atoms with Crippen molar-refractivity contribution in [3.63, 3.8) is 0 Å². The minimum Gasteiger partial charge on any atom is -0.478 e. The highest BCUT2D eigenvalue weighted by Crippen LogP contribution is 2.31. The second-order valence-electron chi connectivity index (χ2n) is 7.06. The van der Waals surface area contributed by atoms with Gasteiger partial charge in [-0.1, -0.05) is 17.7 Å². The van der Waals surface area contributed by atoms with Gasteiger partial charge in [0, 0.05) is 30.6 Å². The zero-order valence-electron chi connectivity index (χ0n) is 17.7. The van der Waals surface area contributed by atoms with Gasteiger partial charge in [0.05, 0.1) is 21.8 Å². The number of anilines is 1. The van der Waals surface area contributed by atoms with Crippen LogP contribution in [0.3, 0.4) is 0 Å². The molecule has 34 heavy (non-hydrogen) atoms. The van der Waals surface area contributed by atoms with Crippen molar-refractivity contribution in [2.24, 2.45) is 5.73 Å². The predicted octanol–water partition coefficient (Wildman–Crippen LogP) is 3.60. The van der Waals surface area contributed by atoms with E-state index in [0.29, 0.717) is 16.8 Å². The minimum atomic E-state index is -1.18. The van der Waals surface area contributed by atoms with Crippen molar-refractivity contribution in [1.82, 2.24) is 4.98 Å². The van der Waals surface area contributed by atoms with Crippen molar-refractivity contribution in [3.05, 3.63) is 99.6 Å². The van der Waals surface area contributed by atoms with E-state index in [-0.39, 0.29) is 21.7 Å². The van der Waals surface area contributed by atoms with Gasteiger partial charge in [0.15, 0.2) is 0 Å². The van der Waals surface area contributed by atoms with Gasteiger partial charge in [-0.25, -0.2) is 9.18 Å². The van der Waals surface area contributed by atoms with Crippen molar-refractivity contribution >= 4 is 46.9 Å². The number of carbonyl (C=O) groups is 4. The van der Waals surface area contributed by atoms with Crippen molar-refractivity contribution in [3.8, 4) is 0 Å². The van der Waals surface area contributed by atoms with Crippen molar-refractivity contribution in [1.29, 1.82) is 0 Å². The molecule has 2 heterocycles. The van der Waals surface area contributed by atoms with E-state index in [1.54, 1.807) is 12.1 Å². The molecule has 0 unspecified atom stereocenters. The first kappa shape index (κ1) is 24.3. The Bertz CT molecular complexity index is 1340. The summed E-state index contributed by atoms with van der Waals surface area (Å²) in [5, 5.41) is 9.02. The number of ketones is 1. The lowest BCUT2D eigenvalue weighted by Gasteiger charge is -2.26. The van der Waals surface area contributed by atoms with Crippen LogP contribution in [0.25, 0.3) is 6.08 Å². The topological polar surface area (TPSA) is 131 Å². The number of aromatic carboxylic acids is 1. The molecular weight excluding hydrogens is 465 g/mol. The van der Waals surface area contributed by atoms with Crippen LogP contribution in [0, 0.1) is 5.82 Å². The van der Waals surface area contributed by atoms with Crippen molar-refractivity contribution < 1.29 is 28.7 Å². The summed E-state index contributed by atoms with van der Waals surface area (Å²) in [5.74, 6) is -3.45. The first-order chi connectivity index (χ1) is 16.1. The first-order valence-electron chi connectivity index (χ1n) is 9.67. The summed E-state index contributed by atoms with van der Waals surface area (Å²) in [4.78, 5) is 51.6. The molecule has 3 aromatic rings. The Morgan fingerprint density at radius 3 is 2.29 bits per heavy atom. The molecule has 1 aliphatic heterocycles. The van der Waals surface area contributed by atoms with Crippen LogP contribution < -0.4 is 10.6 Å². The molecule has 1 aromatic heterocycles. The Hall–Kier alpha value is -4.37. The van der Waals surface area contributed by atoms with Crippen LogP contribution in [0.15, 0.2) is 66.5 Å². The van der Waals surface area contributed by atoms with Crippen LogP contribution in [-0.2, 0) is 4.79 Å². The van der Waals surface area contributed by atoms with Gasteiger partial charge in [-0.3, -0.25) is 19.4 Å². The smallest absolute Gasteiger partial charge is 0.335 e. The largest absolute Gasteiger partial charge is 0.478 e. The second-order valence-corrected chi connectivity index (χ2v) is 7.47. The number of halogens is 2. The van der Waals surface area contributed by atoms with E-state index in [0.717, 1.165) is 6.07 Å². The highest BCUT2D eigenvalue weighted by Gasteiger charge is 2.33. The fourth-order valence-electron chi connectivity index (χ4n) is 3.09. The molecule has 0 atom stereocenters. The fraction of sp³-hybridized carbons (Fsp3) is 0.0417. The molecule has 172 valence electrons. The summed E-state index contributed by atoms with van der Waals surface area (Å²) >= 11 is 5.62. The highest BCUT2D eigenvalue weighted by atomic mass is 35.5. The van der Waals surface area contributed by atoms with Crippen LogP contribution in [0.1, 0.15) is 36.6 Å². The molecule has 0 bridgehead atoms. The van der Waals surface area contributed by atoms with Crippen LogP contribution in [0.4, 0.5) is 10.1 Å². The zero-order valence-corrected chi connectivity index (χ0v) is 18.4. The summed E-state index contributed by atoms with van der Waals surface area (Å²) in [5.41, 5.74) is 5.91. The zero-order chi connectivity index (χ0) is 25.0. The molecule has 4 rings (SSSR count). The lowest BCUT2D eigenvalue weighted by atomic mass is 9.92. The molecule has 3 N–H and O–H groups in total. The van der Waals surface area contributed by atoms with E-state index in [9.17, 15) is 23.6 Å². The summed E-state index contributed by atoms with van der Waals surface area (Å²) < 4.78 is 13.6. The maximum Gasteiger partial charge on any atom is 0.335 e. The number of hydrogen-bond donors (Lipinski definition) is 2. The van der Waals surface area contributed by atoms with E-state index in [2.05, 4.69) is 4.98 Å². The van der Waals surface area contributed by atoms with Crippen molar-refractivity contribution in [2.75, 3.05) is 11.9 Å². The average Bonchev–Trinajstić information content (AvgIpc) is 2.83. The second kappa shape index (κ2) is 10.1. The number of carboxylic acid groups (broad SMARTS) is 1. The third-order valence-corrected chi connectivity index (χ3v) is 5.16. The predicted molar refractivity (Wildman–Crippen MR) is 123 cm³/mol. The third kappa shape index (κ3) is 5.16. The highest BCUT2D eigenvalue weighted by molar-refractivity contribution is 6.36. The number of rotatable bonds is 3. The number of hydrogen-bond acceptors (Lipinski definition) is 5. The lowest BCUT2D eigenvalue weighted by Crippen LogP contribution is -2.36. The van der Waals surface area contributed by atoms with Gasteiger partial charge in [0.1, 0.15) is 5.82 Å². The molecule has 0 spiro atoms. The number of primary amides is 1. The summed E-state index contributed by atoms with van der Waals surface area (Å²) in [7, 11) is 1.48. The van der Waals surface area contributed by atoms with E-state index >= 15 is 0 Å². The fourth-order valence-corrected chi connectivity index (χ4v) is 3.21. The van der Waals surface area contributed by atoms with E-state index in [1.807, 2.05) is 0 Å². The standard InChI is InChI=1S/C18H11ClFNO4.C6H6N2O/c1-21-15-5-3-10(18(24)25)8-11(15)16(22)12(17(21)23)6-9-2-4-13(19)14(20)7-9;7-6(9)5-1-3-8-4-2-5/h2-8H,1H3,(H,24,25);1-4H,(H2,7,9)/b12-6-;. The van der Waals surface area contributed by atoms with Gasteiger partial charge in [-0.2, -0.15) is 0 Å². The monoisotopic (exact) mass is 481 g/mol. The van der Waals surface area contributed by atoms with E-state index < -0.39 is 29.4 Å². The molecule has 0 aliphatic carbocycles. The Morgan fingerprint density at radius 1 is 1.06 bits per heavy atom. The van der Waals surface area contributed by atoms with Crippen LogP contribution >= 0.6 is 11.6 Å². The van der Waals surface area contributed by atoms with E-state index in [4.69, 9.17) is 22.4 Å². The number of nitrogens with two attached hydrogens (primary N) is 1. The Kier molecular flexibility index (Phi) is 7.18. The number of pyridine rings is 1. The quantitative estimate of drug-likeness (QED) is 0.434. The van der Waals surface area contributed by atoms with Crippen LogP contribution in [0.2, 0.25) is 5.02 Å². The molecule has 8 nitrogen and oxygen atoms in total. The van der Waals surface area contributed by atoms with E-state index in [1.165, 1.54) is 60.7 Å². The van der Waals surface area contributed by atoms with Gasteiger partial charge >= 0.3 is 5.97 Å². The minimum absolute atomic E-state index is 0.0632. The van der Waals surface area contributed by atoms with Gasteiger partial charge in [0.25, 0.3) is 5.91 Å². The molecule has 2 amide bonds. The van der Waals surface area contributed by atoms with Gasteiger partial charge < -0.3 is 15.7 Å². The number of nitrogens with zero attached hydrogens (tertiary/aromatic N) is 2. The molecule has 0 radical (unpaired) electrons. The molecule has 0 fully saturated rings. The summed E-state index contributed by atoms with van der Waals surface area (Å²) in [6.45, 7) is 0. The number of amides is 2. The number of carboxylic acids is 1. The molecule has 0 saturated carbocycles. The molecule has 0 saturated heterocycles.